The van der Waals surface area contributed by atoms with Crippen LogP contribution in [0.2, 0.25) is 0 Å². The Morgan fingerprint density at radius 1 is 1.26 bits per heavy atom. The van der Waals surface area contributed by atoms with E-state index in [2.05, 4.69) is 0 Å². The molecular formula is C15H20O4. The fourth-order valence-corrected chi connectivity index (χ4v) is 2.06. The minimum absolute atomic E-state index is 0.0171. The highest BCUT2D eigenvalue weighted by Crippen LogP contribution is 2.25. The summed E-state index contributed by atoms with van der Waals surface area (Å²) in [7, 11) is 3.25. The molecule has 0 spiro atoms. The molecule has 1 aromatic carbocycles. The van der Waals surface area contributed by atoms with Gasteiger partial charge >= 0.3 is 0 Å². The SMILES string of the molecule is CO/C=C/[C@H]1O[C@H](OC)C[C@@H]1OCc1ccccc1. The molecule has 0 amide bonds. The lowest BCUT2D eigenvalue weighted by molar-refractivity contribution is -0.107. The van der Waals surface area contributed by atoms with Crippen LogP contribution in [0.4, 0.5) is 0 Å². The van der Waals surface area contributed by atoms with Gasteiger partial charge in [0, 0.05) is 13.5 Å². The molecule has 0 bridgehead atoms. The molecule has 0 N–H and O–H groups in total. The van der Waals surface area contributed by atoms with Gasteiger partial charge in [-0.2, -0.15) is 0 Å². The fraction of sp³-hybridized carbons (Fsp3) is 0.467. The van der Waals surface area contributed by atoms with Crippen molar-refractivity contribution in [1.29, 1.82) is 0 Å². The first-order chi connectivity index (χ1) is 9.33. The van der Waals surface area contributed by atoms with Gasteiger partial charge in [-0.15, -0.1) is 0 Å². The highest BCUT2D eigenvalue weighted by molar-refractivity contribution is 5.13. The number of methoxy groups -OCH3 is 2. The largest absolute Gasteiger partial charge is 0.505 e. The summed E-state index contributed by atoms with van der Waals surface area (Å²) in [6.45, 7) is 0.572. The Morgan fingerprint density at radius 2 is 2.05 bits per heavy atom. The maximum absolute atomic E-state index is 5.92. The van der Waals surface area contributed by atoms with Gasteiger partial charge in [0.15, 0.2) is 6.29 Å². The molecule has 0 aromatic heterocycles. The summed E-state index contributed by atoms with van der Waals surface area (Å²) < 4.78 is 21.8. The molecule has 0 saturated carbocycles. The molecule has 1 heterocycles. The Balaban J connectivity index is 1.91. The summed E-state index contributed by atoms with van der Waals surface area (Å²) in [5.74, 6) is 0. The van der Waals surface area contributed by atoms with Crippen LogP contribution in [0, 0.1) is 0 Å². The fourth-order valence-electron chi connectivity index (χ4n) is 2.06. The Hall–Kier alpha value is -1.36. The first-order valence-corrected chi connectivity index (χ1v) is 6.36. The molecule has 104 valence electrons. The summed E-state index contributed by atoms with van der Waals surface area (Å²) in [5, 5.41) is 0. The lowest BCUT2D eigenvalue weighted by atomic mass is 10.1. The number of benzene rings is 1. The van der Waals surface area contributed by atoms with Crippen molar-refractivity contribution in [2.75, 3.05) is 14.2 Å². The van der Waals surface area contributed by atoms with E-state index in [-0.39, 0.29) is 18.5 Å². The van der Waals surface area contributed by atoms with Crippen molar-refractivity contribution >= 4 is 0 Å². The first-order valence-electron chi connectivity index (χ1n) is 6.36. The van der Waals surface area contributed by atoms with Gasteiger partial charge in [-0.25, -0.2) is 0 Å². The van der Waals surface area contributed by atoms with Crippen molar-refractivity contribution < 1.29 is 18.9 Å². The maximum atomic E-state index is 5.92. The van der Waals surface area contributed by atoms with E-state index in [0.717, 1.165) is 12.0 Å². The van der Waals surface area contributed by atoms with Gasteiger partial charge in [0.2, 0.25) is 0 Å². The Kier molecular flexibility index (Phi) is 5.39. The van der Waals surface area contributed by atoms with Gasteiger partial charge in [0.05, 0.1) is 26.1 Å². The third kappa shape index (κ3) is 4.06. The Morgan fingerprint density at radius 3 is 2.74 bits per heavy atom. The lowest BCUT2D eigenvalue weighted by Crippen LogP contribution is -2.22. The summed E-state index contributed by atoms with van der Waals surface area (Å²) >= 11 is 0. The van der Waals surface area contributed by atoms with E-state index in [0.29, 0.717) is 6.61 Å². The van der Waals surface area contributed by atoms with Crippen molar-refractivity contribution in [2.45, 2.75) is 31.5 Å². The normalized spacial score (nSPS) is 26.9. The van der Waals surface area contributed by atoms with E-state index in [9.17, 15) is 0 Å². The molecule has 1 saturated heterocycles. The molecule has 0 radical (unpaired) electrons. The maximum Gasteiger partial charge on any atom is 0.160 e. The predicted molar refractivity (Wildman–Crippen MR) is 71.5 cm³/mol. The van der Waals surface area contributed by atoms with Crippen LogP contribution in [0.3, 0.4) is 0 Å². The minimum Gasteiger partial charge on any atom is -0.505 e. The Labute approximate surface area is 113 Å². The minimum atomic E-state index is -0.215. The smallest absolute Gasteiger partial charge is 0.160 e. The first kappa shape index (κ1) is 14.1. The zero-order valence-corrected chi connectivity index (χ0v) is 11.3. The molecule has 4 nitrogen and oxygen atoms in total. The van der Waals surface area contributed by atoms with E-state index in [4.69, 9.17) is 18.9 Å². The van der Waals surface area contributed by atoms with Crippen LogP contribution < -0.4 is 0 Å². The van der Waals surface area contributed by atoms with Crippen LogP contribution in [-0.2, 0) is 25.6 Å². The van der Waals surface area contributed by atoms with Crippen LogP contribution >= 0.6 is 0 Å². The van der Waals surface area contributed by atoms with Crippen molar-refractivity contribution in [3.63, 3.8) is 0 Å². The zero-order chi connectivity index (χ0) is 13.5. The van der Waals surface area contributed by atoms with E-state index in [1.807, 2.05) is 36.4 Å². The van der Waals surface area contributed by atoms with Gasteiger partial charge in [0.25, 0.3) is 0 Å². The standard InChI is InChI=1S/C15H20O4/c1-16-9-8-13-14(10-15(17-2)19-13)18-11-12-6-4-3-5-7-12/h3-9,13-15H,10-11H2,1-2H3/b9-8+/t13-,14+,15+/m1/s1. The molecule has 3 atom stereocenters. The van der Waals surface area contributed by atoms with E-state index < -0.39 is 0 Å². The quantitative estimate of drug-likeness (QED) is 0.740. The highest BCUT2D eigenvalue weighted by Gasteiger charge is 2.34. The summed E-state index contributed by atoms with van der Waals surface area (Å²) in [5.41, 5.74) is 1.15. The van der Waals surface area contributed by atoms with Crippen LogP contribution in [0.25, 0.3) is 0 Å². The van der Waals surface area contributed by atoms with Crippen LogP contribution in [0.1, 0.15) is 12.0 Å². The second-order valence-electron chi connectivity index (χ2n) is 4.40. The summed E-state index contributed by atoms with van der Waals surface area (Å²) in [4.78, 5) is 0. The van der Waals surface area contributed by atoms with Gasteiger partial charge in [0.1, 0.15) is 6.10 Å². The summed E-state index contributed by atoms with van der Waals surface area (Å²) in [6.07, 6.45) is 3.83. The molecule has 2 rings (SSSR count). The van der Waals surface area contributed by atoms with E-state index in [1.165, 1.54) is 0 Å². The van der Waals surface area contributed by atoms with E-state index >= 15 is 0 Å². The van der Waals surface area contributed by atoms with Gasteiger partial charge in [-0.3, -0.25) is 0 Å². The van der Waals surface area contributed by atoms with Gasteiger partial charge in [-0.05, 0) is 11.6 Å². The van der Waals surface area contributed by atoms with Crippen molar-refractivity contribution in [1.82, 2.24) is 0 Å². The molecule has 0 unspecified atom stereocenters. The molecule has 1 aliphatic rings. The van der Waals surface area contributed by atoms with Crippen molar-refractivity contribution in [2.24, 2.45) is 0 Å². The molecule has 19 heavy (non-hydrogen) atoms. The average Bonchev–Trinajstić information content (AvgIpc) is 2.86. The van der Waals surface area contributed by atoms with Gasteiger partial charge < -0.3 is 18.9 Å². The van der Waals surface area contributed by atoms with E-state index in [1.54, 1.807) is 20.5 Å². The highest BCUT2D eigenvalue weighted by atomic mass is 16.7. The monoisotopic (exact) mass is 264 g/mol. The van der Waals surface area contributed by atoms with Crippen LogP contribution in [-0.4, -0.2) is 32.7 Å². The number of hydrogen-bond donors (Lipinski definition) is 0. The van der Waals surface area contributed by atoms with Gasteiger partial charge in [-0.1, -0.05) is 30.3 Å². The second kappa shape index (κ2) is 7.28. The average molecular weight is 264 g/mol. The molecule has 1 aromatic rings. The van der Waals surface area contributed by atoms with Crippen molar-refractivity contribution in [3.05, 3.63) is 48.2 Å². The third-order valence-corrected chi connectivity index (χ3v) is 3.07. The topological polar surface area (TPSA) is 36.9 Å². The lowest BCUT2D eigenvalue weighted by Gasteiger charge is -2.15. The summed E-state index contributed by atoms with van der Waals surface area (Å²) in [6, 6.07) is 10.1. The predicted octanol–water partition coefficient (Wildman–Crippen LogP) is 2.49. The number of ether oxygens (including phenoxy) is 4. The van der Waals surface area contributed by atoms with Crippen LogP contribution in [0.15, 0.2) is 42.7 Å². The molecule has 1 aliphatic heterocycles. The van der Waals surface area contributed by atoms with Crippen molar-refractivity contribution in [3.8, 4) is 0 Å². The molecular weight excluding hydrogens is 244 g/mol. The number of rotatable bonds is 6. The Bertz CT molecular complexity index is 390. The molecule has 1 fully saturated rings. The molecule has 0 aliphatic carbocycles. The number of hydrogen-bond acceptors (Lipinski definition) is 4. The second-order valence-corrected chi connectivity index (χ2v) is 4.40. The zero-order valence-electron chi connectivity index (χ0n) is 11.3. The molecule has 4 heteroatoms. The third-order valence-electron chi connectivity index (χ3n) is 3.07. The van der Waals surface area contributed by atoms with Crippen LogP contribution in [0.5, 0.6) is 0 Å².